The monoisotopic (exact) mass is 697 g/mol. The third kappa shape index (κ3) is 8.07. The first-order chi connectivity index (χ1) is 23.4. The Morgan fingerprint density at radius 3 is 2.67 bits per heavy atom. The van der Waals surface area contributed by atoms with Crippen molar-refractivity contribution in [1.29, 1.82) is 0 Å². The van der Waals surface area contributed by atoms with Crippen LogP contribution in [0.1, 0.15) is 76.5 Å². The summed E-state index contributed by atoms with van der Waals surface area (Å²) in [5, 5.41) is 27.4. The topological polar surface area (TPSA) is 111 Å². The van der Waals surface area contributed by atoms with E-state index in [2.05, 4.69) is 34.0 Å². The van der Waals surface area contributed by atoms with Crippen LogP contribution in [0.15, 0.2) is 54.0 Å². The Hall–Kier alpha value is -3.62. The number of likely N-dealkylation sites (tertiary alicyclic amines) is 1. The number of morpholine rings is 1. The number of pyridine rings is 1. The molecule has 262 valence electrons. The van der Waals surface area contributed by atoms with E-state index in [4.69, 9.17) is 4.74 Å². The quantitative estimate of drug-likeness (QED) is 0.176. The number of nitrogens with one attached hydrogen (secondary N) is 1. The van der Waals surface area contributed by atoms with E-state index in [9.17, 15) is 28.2 Å². The van der Waals surface area contributed by atoms with E-state index in [1.165, 1.54) is 17.4 Å². The van der Waals surface area contributed by atoms with Crippen LogP contribution >= 0.6 is 11.3 Å². The van der Waals surface area contributed by atoms with Crippen LogP contribution in [0.2, 0.25) is 0 Å². The predicted molar refractivity (Wildman–Crippen MR) is 182 cm³/mol. The van der Waals surface area contributed by atoms with Gasteiger partial charge in [0.05, 0.1) is 35.4 Å². The summed E-state index contributed by atoms with van der Waals surface area (Å²) >= 11 is 1.51. The first kappa shape index (κ1) is 35.2. The van der Waals surface area contributed by atoms with E-state index >= 15 is 0 Å². The average Bonchev–Trinajstić information content (AvgIpc) is 3.59. The van der Waals surface area contributed by atoms with Crippen LogP contribution in [-0.2, 0) is 23.9 Å². The summed E-state index contributed by atoms with van der Waals surface area (Å²) in [7, 11) is 0. The Bertz CT molecular complexity index is 1770. The number of thiazole rings is 1. The van der Waals surface area contributed by atoms with Crippen LogP contribution in [0.4, 0.5) is 13.2 Å². The Morgan fingerprint density at radius 1 is 1.14 bits per heavy atom. The number of benzene rings is 2. The number of hydrogen-bond donors (Lipinski definition) is 3. The van der Waals surface area contributed by atoms with E-state index in [0.29, 0.717) is 61.5 Å². The zero-order valence-electron chi connectivity index (χ0n) is 27.7. The number of aromatic nitrogens is 2. The lowest BCUT2D eigenvalue weighted by atomic mass is 9.89. The number of carbonyl (C=O) groups is 1. The number of alkyl halides is 3. The number of ether oxygens (including phenoxy) is 1. The first-order valence-corrected chi connectivity index (χ1v) is 17.6. The molecule has 0 aliphatic carbocycles. The van der Waals surface area contributed by atoms with Gasteiger partial charge < -0.3 is 25.2 Å². The number of hydrogen-bond acceptors (Lipinski definition) is 9. The Morgan fingerprint density at radius 2 is 1.94 bits per heavy atom. The summed E-state index contributed by atoms with van der Waals surface area (Å²) in [5.41, 5.74) is 1.34. The fourth-order valence-corrected chi connectivity index (χ4v) is 7.59. The molecular weight excluding hydrogens is 655 g/mol. The van der Waals surface area contributed by atoms with Crippen LogP contribution in [0.25, 0.3) is 10.9 Å². The number of amides is 1. The van der Waals surface area contributed by atoms with Crippen molar-refractivity contribution in [3.8, 4) is 5.75 Å². The highest BCUT2D eigenvalue weighted by Crippen LogP contribution is 2.35. The molecule has 6 rings (SSSR count). The molecule has 1 amide bonds. The van der Waals surface area contributed by atoms with Crippen LogP contribution in [0.3, 0.4) is 0 Å². The van der Waals surface area contributed by atoms with Crippen LogP contribution in [0.5, 0.6) is 5.75 Å². The van der Waals surface area contributed by atoms with Crippen LogP contribution < -0.4 is 5.32 Å². The molecule has 1 spiro atoms. The molecule has 2 saturated heterocycles. The normalized spacial score (nSPS) is 17.7. The highest BCUT2D eigenvalue weighted by Gasteiger charge is 2.41. The fraction of sp³-hybridized carbons (Fsp3) is 0.472. The largest absolute Gasteiger partial charge is 0.506 e. The number of piperidine rings is 1. The molecule has 49 heavy (non-hydrogen) atoms. The number of rotatable bonds is 10. The molecule has 2 aliphatic rings. The van der Waals surface area contributed by atoms with Gasteiger partial charge in [-0.15, -0.1) is 11.3 Å². The molecule has 2 aliphatic heterocycles. The Balaban J connectivity index is 1.04. The van der Waals surface area contributed by atoms with Gasteiger partial charge in [-0.25, -0.2) is 4.98 Å². The van der Waals surface area contributed by atoms with Gasteiger partial charge >= 0.3 is 6.18 Å². The third-order valence-electron chi connectivity index (χ3n) is 9.47. The van der Waals surface area contributed by atoms with Gasteiger partial charge in [0.25, 0.3) is 5.91 Å². The fourth-order valence-electron chi connectivity index (χ4n) is 6.78. The van der Waals surface area contributed by atoms with E-state index in [-0.39, 0.29) is 42.6 Å². The Labute approximate surface area is 287 Å². The third-order valence-corrected chi connectivity index (χ3v) is 10.6. The molecule has 1 atom stereocenters. The van der Waals surface area contributed by atoms with E-state index < -0.39 is 23.4 Å². The van der Waals surface area contributed by atoms with Gasteiger partial charge in [-0.3, -0.25) is 14.7 Å². The summed E-state index contributed by atoms with van der Waals surface area (Å²) in [6.07, 6.45) is -2.30. The molecule has 2 fully saturated rings. The van der Waals surface area contributed by atoms with E-state index in [1.54, 1.807) is 36.5 Å². The summed E-state index contributed by atoms with van der Waals surface area (Å²) in [5.74, 6) is 0.206. The molecule has 13 heteroatoms. The van der Waals surface area contributed by atoms with E-state index in [0.717, 1.165) is 29.5 Å². The molecule has 0 unspecified atom stereocenters. The highest BCUT2D eigenvalue weighted by atomic mass is 32.1. The number of halogens is 3. The van der Waals surface area contributed by atoms with Crippen molar-refractivity contribution in [2.24, 2.45) is 0 Å². The second-order valence-corrected chi connectivity index (χ2v) is 14.2. The second-order valence-electron chi connectivity index (χ2n) is 13.3. The summed E-state index contributed by atoms with van der Waals surface area (Å²) in [6.45, 7) is 7.87. The number of phenols is 1. The number of aliphatic hydroxyl groups excluding tert-OH is 1. The maximum atomic E-state index is 14.0. The van der Waals surface area contributed by atoms with Crippen molar-refractivity contribution in [2.45, 2.75) is 63.5 Å². The van der Waals surface area contributed by atoms with E-state index in [1.807, 2.05) is 10.3 Å². The number of carbonyl (C=O) groups excluding carboxylic acids is 1. The van der Waals surface area contributed by atoms with Crippen LogP contribution in [0, 0.1) is 0 Å². The zero-order chi connectivity index (χ0) is 34.8. The maximum absolute atomic E-state index is 14.0. The van der Waals surface area contributed by atoms with Crippen molar-refractivity contribution >= 4 is 28.1 Å². The van der Waals surface area contributed by atoms with Gasteiger partial charge in [0.1, 0.15) is 17.0 Å². The molecule has 2 aromatic carbocycles. The smallest absolute Gasteiger partial charge is 0.416 e. The van der Waals surface area contributed by atoms with Crippen molar-refractivity contribution in [3.05, 3.63) is 87.0 Å². The molecule has 0 saturated carbocycles. The molecule has 4 heterocycles. The molecule has 9 nitrogen and oxygen atoms in total. The zero-order valence-corrected chi connectivity index (χ0v) is 28.5. The van der Waals surface area contributed by atoms with Crippen molar-refractivity contribution in [3.63, 3.8) is 0 Å². The number of nitrogens with zero attached hydrogens (tertiary/aromatic N) is 4. The lowest BCUT2D eigenvalue weighted by molar-refractivity contribution is -0.138. The maximum Gasteiger partial charge on any atom is 0.416 e. The van der Waals surface area contributed by atoms with Gasteiger partial charge in [0.15, 0.2) is 0 Å². The van der Waals surface area contributed by atoms with Gasteiger partial charge in [0.2, 0.25) is 0 Å². The minimum atomic E-state index is -4.49. The average molecular weight is 698 g/mol. The summed E-state index contributed by atoms with van der Waals surface area (Å²) in [6, 6.07) is 10.9. The van der Waals surface area contributed by atoms with Gasteiger partial charge in [-0.1, -0.05) is 38.1 Å². The van der Waals surface area contributed by atoms with Crippen molar-refractivity contribution < 1.29 is 32.9 Å². The lowest BCUT2D eigenvalue weighted by Crippen LogP contribution is -2.58. The van der Waals surface area contributed by atoms with Gasteiger partial charge in [-0.2, -0.15) is 13.2 Å². The molecule has 4 aromatic rings. The number of phenolic OH excluding ortho intramolecular Hbond substituents is 1. The predicted octanol–water partition coefficient (Wildman–Crippen LogP) is 5.91. The number of fused-ring (bicyclic) bond motifs is 1. The van der Waals surface area contributed by atoms with Gasteiger partial charge in [-0.05, 0) is 60.7 Å². The molecule has 0 radical (unpaired) electrons. The second kappa shape index (κ2) is 14.7. The number of aromatic hydroxyl groups is 1. The van der Waals surface area contributed by atoms with Crippen molar-refractivity contribution in [1.82, 2.24) is 25.1 Å². The van der Waals surface area contributed by atoms with Crippen LogP contribution in [-0.4, -0.2) is 87.4 Å². The standard InChI is InChI=1S/C36H42F3N5O4S/c1-23(2)33-42-29(21-49-33)34(47)44-16-17-48-35(22-44)10-14-43(15-11-35)20-24-5-7-28(36(37,38)39)25(18-24)9-13-40-19-31(46)26-6-8-30(45)32-27(26)4-3-12-41-32/h3-8,12,18,21,23,31,40,45-46H,9-11,13-17,19-20,22H2,1-2H3/t31-/m0/s1. The Kier molecular flexibility index (Phi) is 10.6. The molecule has 0 bridgehead atoms. The first-order valence-electron chi connectivity index (χ1n) is 16.7. The molecular formula is C36H42F3N5O4S. The summed E-state index contributed by atoms with van der Waals surface area (Å²) < 4.78 is 48.2. The molecule has 3 N–H and O–H groups in total. The highest BCUT2D eigenvalue weighted by molar-refractivity contribution is 7.09. The number of aliphatic hydroxyl groups is 1. The van der Waals surface area contributed by atoms with Gasteiger partial charge in [0, 0.05) is 55.6 Å². The minimum Gasteiger partial charge on any atom is -0.506 e. The minimum absolute atomic E-state index is 0.0105. The lowest BCUT2D eigenvalue weighted by Gasteiger charge is -2.47. The van der Waals surface area contributed by atoms with Crippen molar-refractivity contribution in [2.75, 3.05) is 45.9 Å². The molecule has 2 aromatic heterocycles. The summed E-state index contributed by atoms with van der Waals surface area (Å²) in [4.78, 5) is 26.0. The SMILES string of the molecule is CC(C)c1nc(C(=O)N2CCOC3(CCN(Cc4ccc(C(F)(F)F)c(CCNC[C@H](O)c5ccc(O)c6ncccc56)c4)CC3)C2)cs1.